The number of alkyl halides is 3. The molecule has 1 rings (SSSR count). The Morgan fingerprint density at radius 2 is 1.95 bits per heavy atom. The van der Waals surface area contributed by atoms with Crippen LogP contribution in [0.25, 0.3) is 0 Å². The fourth-order valence-electron chi connectivity index (χ4n) is 1.60. The smallest absolute Gasteiger partial charge is 0.385 e. The molecule has 0 radical (unpaired) electrons. The predicted molar refractivity (Wildman–Crippen MR) is 70.9 cm³/mol. The van der Waals surface area contributed by atoms with Gasteiger partial charge in [0.2, 0.25) is 0 Å². The first-order valence-electron chi connectivity index (χ1n) is 5.78. The van der Waals surface area contributed by atoms with Gasteiger partial charge in [-0.2, -0.15) is 13.2 Å². The molecule has 1 aromatic carbocycles. The number of benzene rings is 1. The Morgan fingerprint density at radius 3 is 2.43 bits per heavy atom. The van der Waals surface area contributed by atoms with E-state index >= 15 is 0 Å². The van der Waals surface area contributed by atoms with Gasteiger partial charge < -0.3 is 5.32 Å². The van der Waals surface area contributed by atoms with Crippen LogP contribution in [0.3, 0.4) is 0 Å². The fraction of sp³-hybridized carbons (Fsp3) is 0.455. The van der Waals surface area contributed by atoms with Crippen molar-refractivity contribution < 1.29 is 26.5 Å². The SMILES string of the molecule is CS(=O)(=O)CCCNc1ccc([N+](=O)[O-])c(C(F)(F)F)c1. The number of rotatable bonds is 6. The van der Waals surface area contributed by atoms with Crippen LogP contribution in [0, 0.1) is 10.1 Å². The zero-order valence-corrected chi connectivity index (χ0v) is 11.8. The Hall–Kier alpha value is -1.84. The van der Waals surface area contributed by atoms with Crippen molar-refractivity contribution in [1.29, 1.82) is 0 Å². The summed E-state index contributed by atoms with van der Waals surface area (Å²) in [6.45, 7) is 0.141. The highest BCUT2D eigenvalue weighted by molar-refractivity contribution is 7.90. The van der Waals surface area contributed by atoms with Crippen molar-refractivity contribution in [3.63, 3.8) is 0 Å². The molecule has 1 aromatic rings. The van der Waals surface area contributed by atoms with E-state index in [0.717, 1.165) is 18.4 Å². The van der Waals surface area contributed by atoms with Crippen LogP contribution >= 0.6 is 0 Å². The molecule has 10 heteroatoms. The van der Waals surface area contributed by atoms with Crippen LogP contribution < -0.4 is 5.32 Å². The molecule has 0 aliphatic rings. The minimum Gasteiger partial charge on any atom is -0.385 e. The second-order valence-corrected chi connectivity index (χ2v) is 6.66. The lowest BCUT2D eigenvalue weighted by Crippen LogP contribution is -2.12. The Labute approximate surface area is 119 Å². The summed E-state index contributed by atoms with van der Waals surface area (Å²) < 4.78 is 60.0. The van der Waals surface area contributed by atoms with Gasteiger partial charge in [-0.15, -0.1) is 0 Å². The number of anilines is 1. The van der Waals surface area contributed by atoms with Gasteiger partial charge in [0.1, 0.15) is 15.4 Å². The molecule has 0 unspecified atom stereocenters. The molecule has 0 atom stereocenters. The number of nitrogens with zero attached hydrogens (tertiary/aromatic N) is 1. The maximum absolute atomic E-state index is 12.7. The summed E-state index contributed by atoms with van der Waals surface area (Å²) in [4.78, 5) is 9.47. The molecule has 0 bridgehead atoms. The van der Waals surface area contributed by atoms with Crippen LogP contribution in [0.15, 0.2) is 18.2 Å². The van der Waals surface area contributed by atoms with Crippen LogP contribution in [-0.4, -0.2) is 31.9 Å². The molecule has 1 N–H and O–H groups in total. The van der Waals surface area contributed by atoms with Gasteiger partial charge in [-0.05, 0) is 18.6 Å². The van der Waals surface area contributed by atoms with Crippen LogP contribution in [0.4, 0.5) is 24.5 Å². The lowest BCUT2D eigenvalue weighted by Gasteiger charge is -2.11. The Balaban J connectivity index is 2.84. The monoisotopic (exact) mass is 326 g/mol. The molecule has 0 fully saturated rings. The molecule has 0 aromatic heterocycles. The van der Waals surface area contributed by atoms with E-state index in [0.29, 0.717) is 6.07 Å². The third-order valence-electron chi connectivity index (χ3n) is 2.52. The number of halogens is 3. The van der Waals surface area contributed by atoms with Gasteiger partial charge in [-0.1, -0.05) is 0 Å². The van der Waals surface area contributed by atoms with E-state index in [4.69, 9.17) is 0 Å². The highest BCUT2D eigenvalue weighted by Gasteiger charge is 2.38. The van der Waals surface area contributed by atoms with Crippen molar-refractivity contribution in [1.82, 2.24) is 0 Å². The average molecular weight is 326 g/mol. The zero-order valence-electron chi connectivity index (χ0n) is 11.0. The Kier molecular flexibility index (Phi) is 5.15. The molecule has 0 aliphatic carbocycles. The van der Waals surface area contributed by atoms with Crippen molar-refractivity contribution >= 4 is 21.2 Å². The number of hydrogen-bond donors (Lipinski definition) is 1. The summed E-state index contributed by atoms with van der Waals surface area (Å²) in [7, 11) is -3.14. The molecule has 0 spiro atoms. The topological polar surface area (TPSA) is 89.3 Å². The first kappa shape index (κ1) is 17.2. The van der Waals surface area contributed by atoms with Crippen molar-refractivity contribution in [2.24, 2.45) is 0 Å². The van der Waals surface area contributed by atoms with Crippen molar-refractivity contribution in [3.8, 4) is 0 Å². The van der Waals surface area contributed by atoms with Gasteiger partial charge in [0.15, 0.2) is 0 Å². The normalized spacial score (nSPS) is 12.2. The molecule has 0 saturated heterocycles. The predicted octanol–water partition coefficient (Wildman–Crippen LogP) is 2.46. The van der Waals surface area contributed by atoms with Crippen LogP contribution in [0.5, 0.6) is 0 Å². The van der Waals surface area contributed by atoms with Crippen molar-refractivity contribution in [3.05, 3.63) is 33.9 Å². The molecule has 0 saturated carbocycles. The van der Waals surface area contributed by atoms with Gasteiger partial charge in [-0.25, -0.2) is 8.42 Å². The molecule has 0 aliphatic heterocycles. The highest BCUT2D eigenvalue weighted by Crippen LogP contribution is 2.37. The van der Waals surface area contributed by atoms with Gasteiger partial charge in [-0.3, -0.25) is 10.1 Å². The minimum atomic E-state index is -4.84. The number of hydrogen-bond acceptors (Lipinski definition) is 5. The van der Waals surface area contributed by atoms with E-state index in [1.54, 1.807) is 0 Å². The van der Waals surface area contributed by atoms with E-state index in [2.05, 4.69) is 5.32 Å². The lowest BCUT2D eigenvalue weighted by atomic mass is 10.1. The lowest BCUT2D eigenvalue weighted by molar-refractivity contribution is -0.388. The fourth-order valence-corrected chi connectivity index (χ4v) is 2.27. The Morgan fingerprint density at radius 1 is 1.33 bits per heavy atom. The first-order valence-corrected chi connectivity index (χ1v) is 7.84. The number of sulfone groups is 1. The van der Waals surface area contributed by atoms with Gasteiger partial charge in [0.05, 0.1) is 10.7 Å². The van der Waals surface area contributed by atoms with Crippen LogP contribution in [-0.2, 0) is 16.0 Å². The van der Waals surface area contributed by atoms with Crippen molar-refractivity contribution in [2.45, 2.75) is 12.6 Å². The largest absolute Gasteiger partial charge is 0.423 e. The van der Waals surface area contributed by atoms with Crippen LogP contribution in [0.1, 0.15) is 12.0 Å². The second kappa shape index (κ2) is 6.29. The number of nitro benzene ring substituents is 1. The van der Waals surface area contributed by atoms with Gasteiger partial charge in [0, 0.05) is 24.6 Å². The summed E-state index contributed by atoms with van der Waals surface area (Å²) in [6.07, 6.45) is -3.56. The first-order chi connectivity index (χ1) is 9.50. The minimum absolute atomic E-state index is 0.0430. The second-order valence-electron chi connectivity index (χ2n) is 4.40. The van der Waals surface area contributed by atoms with Crippen LogP contribution in [0.2, 0.25) is 0 Å². The third kappa shape index (κ3) is 5.58. The standard InChI is InChI=1S/C11H13F3N2O4S/c1-21(19,20)6-2-5-15-8-3-4-10(16(17)18)9(7-8)11(12,13)14/h3-4,7,15H,2,5-6H2,1H3. The molecule has 0 amide bonds. The number of nitro groups is 1. The van der Waals surface area contributed by atoms with E-state index in [9.17, 15) is 31.7 Å². The maximum Gasteiger partial charge on any atom is 0.423 e. The van der Waals surface area contributed by atoms with E-state index in [1.807, 2.05) is 0 Å². The summed E-state index contributed by atoms with van der Waals surface area (Å²) in [5.74, 6) is -0.0981. The highest BCUT2D eigenvalue weighted by atomic mass is 32.2. The van der Waals surface area contributed by atoms with Gasteiger partial charge in [0.25, 0.3) is 5.69 Å². The molecule has 118 valence electrons. The third-order valence-corrected chi connectivity index (χ3v) is 3.55. The van der Waals surface area contributed by atoms with E-state index in [1.165, 1.54) is 0 Å². The summed E-state index contributed by atoms with van der Waals surface area (Å²) >= 11 is 0. The Bertz CT molecular complexity index is 629. The molecule has 21 heavy (non-hydrogen) atoms. The quantitative estimate of drug-likeness (QED) is 0.493. The molecular weight excluding hydrogens is 313 g/mol. The van der Waals surface area contributed by atoms with E-state index < -0.39 is 32.2 Å². The van der Waals surface area contributed by atoms with Gasteiger partial charge >= 0.3 is 6.18 Å². The summed E-state index contributed by atoms with van der Waals surface area (Å²) in [5, 5.41) is 13.2. The molecule has 6 nitrogen and oxygen atoms in total. The summed E-state index contributed by atoms with van der Waals surface area (Å²) in [5.41, 5.74) is -2.33. The van der Waals surface area contributed by atoms with E-state index in [-0.39, 0.29) is 24.4 Å². The average Bonchev–Trinajstić information content (AvgIpc) is 2.32. The maximum atomic E-state index is 12.7. The molecular formula is C11H13F3N2O4S. The zero-order chi connectivity index (χ0) is 16.3. The number of nitrogens with one attached hydrogen (secondary N) is 1. The van der Waals surface area contributed by atoms with Crippen molar-refractivity contribution in [2.75, 3.05) is 23.9 Å². The molecule has 0 heterocycles. The summed E-state index contributed by atoms with van der Waals surface area (Å²) in [6, 6.07) is 2.55.